The minimum absolute atomic E-state index is 0.165. The van der Waals surface area contributed by atoms with Gasteiger partial charge in [0.2, 0.25) is 0 Å². The fourth-order valence-electron chi connectivity index (χ4n) is 1.82. The average molecular weight is 198 g/mol. The van der Waals surface area contributed by atoms with Crippen molar-refractivity contribution in [2.24, 2.45) is 5.10 Å². The lowest BCUT2D eigenvalue weighted by Gasteiger charge is -2.29. The summed E-state index contributed by atoms with van der Waals surface area (Å²) in [5.41, 5.74) is 0.165. The summed E-state index contributed by atoms with van der Waals surface area (Å²) in [5, 5.41) is 14.5. The molecule has 0 amide bonds. The topological polar surface area (TPSA) is 52.9 Å². The van der Waals surface area contributed by atoms with Crippen molar-refractivity contribution in [2.45, 2.75) is 45.1 Å². The Kier molecular flexibility index (Phi) is 3.92. The zero-order valence-electron chi connectivity index (χ0n) is 8.86. The van der Waals surface area contributed by atoms with Crippen molar-refractivity contribution < 1.29 is 9.90 Å². The van der Waals surface area contributed by atoms with E-state index in [1.165, 1.54) is 26.2 Å². The molecule has 0 radical (unpaired) electrons. The number of nitrogens with zero attached hydrogens (tertiary/aromatic N) is 2. The van der Waals surface area contributed by atoms with Gasteiger partial charge in [-0.15, -0.1) is 0 Å². The average Bonchev–Trinajstić information content (AvgIpc) is 2.19. The molecule has 4 nitrogen and oxygen atoms in total. The fraction of sp³-hybridized carbons (Fsp3) is 0.800. The summed E-state index contributed by atoms with van der Waals surface area (Å²) in [7, 11) is 1.86. The third-order valence-corrected chi connectivity index (χ3v) is 2.72. The second-order valence-corrected chi connectivity index (χ2v) is 3.86. The number of aliphatic carboxylic acids is 1. The number of hydrazone groups is 1. The number of hydrogen-bond donors (Lipinski definition) is 1. The van der Waals surface area contributed by atoms with Crippen molar-refractivity contribution in [2.75, 3.05) is 7.05 Å². The normalized spacial score (nSPS) is 19.4. The van der Waals surface area contributed by atoms with Gasteiger partial charge in [-0.25, -0.2) is 4.79 Å². The number of hydrogen-bond acceptors (Lipinski definition) is 3. The fourth-order valence-corrected chi connectivity index (χ4v) is 1.82. The van der Waals surface area contributed by atoms with Crippen molar-refractivity contribution in [1.82, 2.24) is 5.01 Å². The highest BCUT2D eigenvalue weighted by Gasteiger charge is 2.17. The van der Waals surface area contributed by atoms with Crippen molar-refractivity contribution in [3.8, 4) is 0 Å². The maximum Gasteiger partial charge on any atom is 0.351 e. The van der Waals surface area contributed by atoms with E-state index in [9.17, 15) is 4.79 Å². The molecule has 0 unspecified atom stereocenters. The largest absolute Gasteiger partial charge is 0.477 e. The van der Waals surface area contributed by atoms with Crippen molar-refractivity contribution in [3.05, 3.63) is 0 Å². The summed E-state index contributed by atoms with van der Waals surface area (Å²) >= 11 is 0. The van der Waals surface area contributed by atoms with E-state index in [1.54, 1.807) is 0 Å². The second kappa shape index (κ2) is 4.98. The molecule has 1 aliphatic rings. The molecule has 1 aliphatic carbocycles. The van der Waals surface area contributed by atoms with Crippen molar-refractivity contribution in [3.63, 3.8) is 0 Å². The smallest absolute Gasteiger partial charge is 0.351 e. The van der Waals surface area contributed by atoms with Crippen LogP contribution in [0.3, 0.4) is 0 Å². The summed E-state index contributed by atoms with van der Waals surface area (Å²) in [6.07, 6.45) is 6.03. The Morgan fingerprint density at radius 2 is 1.93 bits per heavy atom. The summed E-state index contributed by atoms with van der Waals surface area (Å²) in [4.78, 5) is 10.6. The van der Waals surface area contributed by atoms with Crippen LogP contribution in [0.2, 0.25) is 0 Å². The number of rotatable bonds is 3. The van der Waals surface area contributed by atoms with Crippen LogP contribution in [0.25, 0.3) is 0 Å². The Bertz CT molecular complexity index is 232. The first-order valence-electron chi connectivity index (χ1n) is 5.12. The minimum Gasteiger partial charge on any atom is -0.477 e. The van der Waals surface area contributed by atoms with Gasteiger partial charge in [-0.05, 0) is 19.8 Å². The first kappa shape index (κ1) is 11.0. The van der Waals surface area contributed by atoms with Crippen LogP contribution in [-0.4, -0.2) is 34.9 Å². The van der Waals surface area contributed by atoms with Gasteiger partial charge in [0.1, 0.15) is 5.71 Å². The molecule has 0 aromatic carbocycles. The molecule has 1 saturated carbocycles. The van der Waals surface area contributed by atoms with Crippen LogP contribution in [-0.2, 0) is 4.79 Å². The lowest BCUT2D eigenvalue weighted by molar-refractivity contribution is -0.129. The van der Waals surface area contributed by atoms with Crippen LogP contribution in [0.1, 0.15) is 39.0 Å². The van der Waals surface area contributed by atoms with Crippen LogP contribution in [0.5, 0.6) is 0 Å². The Labute approximate surface area is 84.6 Å². The molecule has 1 N–H and O–H groups in total. The molecule has 1 fully saturated rings. The van der Waals surface area contributed by atoms with Crippen LogP contribution in [0.4, 0.5) is 0 Å². The van der Waals surface area contributed by atoms with Gasteiger partial charge < -0.3 is 5.11 Å². The molecule has 0 bridgehead atoms. The SMILES string of the molecule is CC(=NN(C)C1CCCCC1)C(=O)O. The molecule has 0 atom stereocenters. The summed E-state index contributed by atoms with van der Waals surface area (Å²) < 4.78 is 0. The zero-order chi connectivity index (χ0) is 10.6. The highest BCUT2D eigenvalue weighted by atomic mass is 16.4. The molecular weight excluding hydrogens is 180 g/mol. The van der Waals surface area contributed by atoms with E-state index in [1.807, 2.05) is 12.1 Å². The van der Waals surface area contributed by atoms with E-state index in [4.69, 9.17) is 5.11 Å². The van der Waals surface area contributed by atoms with Crippen LogP contribution in [0, 0.1) is 0 Å². The lowest BCUT2D eigenvalue weighted by atomic mass is 9.95. The first-order valence-corrected chi connectivity index (χ1v) is 5.12. The van der Waals surface area contributed by atoms with E-state index < -0.39 is 5.97 Å². The molecule has 1 rings (SSSR count). The van der Waals surface area contributed by atoms with Crippen LogP contribution in [0.15, 0.2) is 5.10 Å². The van der Waals surface area contributed by atoms with Gasteiger partial charge in [-0.3, -0.25) is 5.01 Å². The molecule has 0 heterocycles. The molecule has 14 heavy (non-hydrogen) atoms. The molecule has 0 spiro atoms. The van der Waals surface area contributed by atoms with E-state index in [2.05, 4.69) is 5.10 Å². The number of carboxylic acids is 1. The van der Waals surface area contributed by atoms with E-state index in [-0.39, 0.29) is 5.71 Å². The molecule has 80 valence electrons. The Hall–Kier alpha value is -1.06. The quantitative estimate of drug-likeness (QED) is 0.555. The standard InChI is InChI=1S/C10H18N2O2/c1-8(10(13)14)11-12(2)9-6-4-3-5-7-9/h9H,3-7H2,1-2H3,(H,13,14). The zero-order valence-corrected chi connectivity index (χ0v) is 8.86. The van der Waals surface area contributed by atoms with Crippen LogP contribution < -0.4 is 0 Å². The van der Waals surface area contributed by atoms with Gasteiger partial charge in [0.05, 0.1) is 0 Å². The first-order chi connectivity index (χ1) is 6.61. The highest BCUT2D eigenvalue weighted by molar-refractivity contribution is 6.34. The highest BCUT2D eigenvalue weighted by Crippen LogP contribution is 2.21. The molecule has 0 saturated heterocycles. The molecule has 4 heteroatoms. The number of carboxylic acid groups (broad SMARTS) is 1. The lowest BCUT2D eigenvalue weighted by Crippen LogP contribution is -2.31. The predicted octanol–water partition coefficient (Wildman–Crippen LogP) is 1.71. The maximum atomic E-state index is 10.6. The molecule has 0 aromatic rings. The van der Waals surface area contributed by atoms with Crippen molar-refractivity contribution in [1.29, 1.82) is 0 Å². The van der Waals surface area contributed by atoms with Crippen molar-refractivity contribution >= 4 is 11.7 Å². The molecule has 0 aromatic heterocycles. The maximum absolute atomic E-state index is 10.6. The molecular formula is C10H18N2O2. The van der Waals surface area contributed by atoms with E-state index >= 15 is 0 Å². The van der Waals surface area contributed by atoms with E-state index in [0.29, 0.717) is 6.04 Å². The number of carbonyl (C=O) groups is 1. The summed E-state index contributed by atoms with van der Waals surface area (Å²) in [6.45, 7) is 1.53. The Balaban J connectivity index is 2.51. The second-order valence-electron chi connectivity index (χ2n) is 3.86. The van der Waals surface area contributed by atoms with Gasteiger partial charge in [0.25, 0.3) is 0 Å². The van der Waals surface area contributed by atoms with E-state index in [0.717, 1.165) is 12.8 Å². The Morgan fingerprint density at radius 3 is 2.43 bits per heavy atom. The third kappa shape index (κ3) is 3.01. The summed E-state index contributed by atoms with van der Waals surface area (Å²) in [5.74, 6) is -0.937. The van der Waals surface area contributed by atoms with Gasteiger partial charge in [0, 0.05) is 13.1 Å². The monoisotopic (exact) mass is 198 g/mol. The van der Waals surface area contributed by atoms with Gasteiger partial charge in [-0.2, -0.15) is 5.10 Å². The van der Waals surface area contributed by atoms with Gasteiger partial charge in [-0.1, -0.05) is 19.3 Å². The van der Waals surface area contributed by atoms with Gasteiger partial charge in [0.15, 0.2) is 0 Å². The summed E-state index contributed by atoms with van der Waals surface area (Å²) in [6, 6.07) is 0.429. The predicted molar refractivity (Wildman–Crippen MR) is 55.4 cm³/mol. The third-order valence-electron chi connectivity index (χ3n) is 2.72. The minimum atomic E-state index is -0.937. The Morgan fingerprint density at radius 1 is 1.36 bits per heavy atom. The van der Waals surface area contributed by atoms with Gasteiger partial charge >= 0.3 is 5.97 Å². The van der Waals surface area contributed by atoms with Crippen LogP contribution >= 0.6 is 0 Å². The molecule has 0 aliphatic heterocycles.